The van der Waals surface area contributed by atoms with E-state index in [9.17, 15) is 9.59 Å². The summed E-state index contributed by atoms with van der Waals surface area (Å²) in [5.74, 6) is -0.370. The van der Waals surface area contributed by atoms with Crippen LogP contribution in [0.2, 0.25) is 5.02 Å². The molecule has 1 atom stereocenters. The lowest BCUT2D eigenvalue weighted by Crippen LogP contribution is -2.49. The minimum absolute atomic E-state index is 0.0687. The third-order valence-corrected chi connectivity index (χ3v) is 4.05. The Hall–Kier alpha value is -1.55. The van der Waals surface area contributed by atoms with Crippen molar-refractivity contribution in [1.82, 2.24) is 4.90 Å². The van der Waals surface area contributed by atoms with Crippen LogP contribution in [-0.2, 0) is 20.7 Å². The summed E-state index contributed by atoms with van der Waals surface area (Å²) in [5, 5.41) is 0.579. The van der Waals surface area contributed by atoms with Gasteiger partial charge in [-0.1, -0.05) is 29.8 Å². The van der Waals surface area contributed by atoms with Crippen molar-refractivity contribution in [2.45, 2.75) is 38.6 Å². The van der Waals surface area contributed by atoms with Crippen LogP contribution in [0, 0.1) is 0 Å². The molecule has 21 heavy (non-hydrogen) atoms. The number of halogens is 1. The van der Waals surface area contributed by atoms with Crippen LogP contribution in [0.4, 0.5) is 0 Å². The molecule has 5 heteroatoms. The van der Waals surface area contributed by atoms with E-state index in [0.29, 0.717) is 24.6 Å². The topological polar surface area (TPSA) is 46.6 Å². The third-order valence-electron chi connectivity index (χ3n) is 3.68. The van der Waals surface area contributed by atoms with Crippen molar-refractivity contribution < 1.29 is 14.3 Å². The van der Waals surface area contributed by atoms with Gasteiger partial charge >= 0.3 is 5.97 Å². The summed E-state index contributed by atoms with van der Waals surface area (Å²) in [6.45, 7) is 2.71. The lowest BCUT2D eigenvalue weighted by molar-refractivity contribution is -0.156. The van der Waals surface area contributed by atoms with Gasteiger partial charge in [0.25, 0.3) is 0 Å². The molecule has 0 radical (unpaired) electrons. The Morgan fingerprint density at radius 3 is 2.81 bits per heavy atom. The highest BCUT2D eigenvalue weighted by Crippen LogP contribution is 2.21. The van der Waals surface area contributed by atoms with Gasteiger partial charge in [-0.05, 0) is 37.8 Å². The average molecular weight is 310 g/mol. The summed E-state index contributed by atoms with van der Waals surface area (Å²) in [5.41, 5.74) is 0.789. The predicted molar refractivity (Wildman–Crippen MR) is 81.1 cm³/mol. The zero-order valence-electron chi connectivity index (χ0n) is 12.2. The molecule has 0 bridgehead atoms. The number of ether oxygens (including phenoxy) is 1. The van der Waals surface area contributed by atoms with Gasteiger partial charge in [-0.25, -0.2) is 4.79 Å². The van der Waals surface area contributed by atoms with Gasteiger partial charge in [0.1, 0.15) is 6.04 Å². The molecule has 1 aliphatic rings. The van der Waals surface area contributed by atoms with Gasteiger partial charge in [0, 0.05) is 11.6 Å². The second-order valence-electron chi connectivity index (χ2n) is 5.12. The van der Waals surface area contributed by atoms with E-state index in [-0.39, 0.29) is 18.3 Å². The van der Waals surface area contributed by atoms with Crippen LogP contribution in [0.1, 0.15) is 31.7 Å². The normalized spacial score (nSPS) is 18.4. The maximum Gasteiger partial charge on any atom is 0.328 e. The second-order valence-corrected chi connectivity index (χ2v) is 5.53. The molecule has 1 fully saturated rings. The first-order valence-corrected chi connectivity index (χ1v) is 7.70. The Labute approximate surface area is 130 Å². The molecular formula is C16H20ClNO3. The Kier molecular flexibility index (Phi) is 5.62. The van der Waals surface area contributed by atoms with E-state index in [1.807, 2.05) is 18.2 Å². The second kappa shape index (κ2) is 7.46. The molecule has 1 saturated heterocycles. The predicted octanol–water partition coefficient (Wildman–Crippen LogP) is 2.83. The van der Waals surface area contributed by atoms with E-state index in [0.717, 1.165) is 18.4 Å². The quantitative estimate of drug-likeness (QED) is 0.804. The van der Waals surface area contributed by atoms with Gasteiger partial charge in [0.2, 0.25) is 5.91 Å². The summed E-state index contributed by atoms with van der Waals surface area (Å²) < 4.78 is 5.08. The number of carbonyl (C=O) groups is 2. The van der Waals surface area contributed by atoms with Crippen molar-refractivity contribution in [3.63, 3.8) is 0 Å². The zero-order chi connectivity index (χ0) is 15.2. The van der Waals surface area contributed by atoms with Gasteiger partial charge in [-0.2, -0.15) is 0 Å². The van der Waals surface area contributed by atoms with Gasteiger partial charge in [-0.3, -0.25) is 4.79 Å². The molecule has 1 heterocycles. The van der Waals surface area contributed by atoms with E-state index in [1.165, 1.54) is 0 Å². The van der Waals surface area contributed by atoms with Gasteiger partial charge in [0.05, 0.1) is 13.0 Å². The molecule has 0 aliphatic carbocycles. The first-order chi connectivity index (χ1) is 10.1. The molecule has 0 spiro atoms. The molecule has 1 unspecified atom stereocenters. The molecule has 0 N–H and O–H groups in total. The highest BCUT2D eigenvalue weighted by molar-refractivity contribution is 6.31. The van der Waals surface area contributed by atoms with Gasteiger partial charge in [0.15, 0.2) is 0 Å². The van der Waals surface area contributed by atoms with Gasteiger partial charge in [-0.15, -0.1) is 0 Å². The van der Waals surface area contributed by atoms with Crippen molar-refractivity contribution in [2.24, 2.45) is 0 Å². The fourth-order valence-corrected chi connectivity index (χ4v) is 2.82. The first kappa shape index (κ1) is 15.8. The maximum absolute atomic E-state index is 12.5. The van der Waals surface area contributed by atoms with Crippen molar-refractivity contribution in [2.75, 3.05) is 13.2 Å². The summed E-state index contributed by atoms with van der Waals surface area (Å²) in [4.78, 5) is 26.1. The summed E-state index contributed by atoms with van der Waals surface area (Å²) >= 11 is 6.09. The number of benzene rings is 1. The highest BCUT2D eigenvalue weighted by atomic mass is 35.5. The number of nitrogens with zero attached hydrogens (tertiary/aromatic N) is 1. The minimum Gasteiger partial charge on any atom is -0.464 e. The number of esters is 1. The van der Waals surface area contributed by atoms with Crippen LogP contribution in [-0.4, -0.2) is 36.0 Å². The minimum atomic E-state index is -0.450. The molecule has 0 saturated carbocycles. The van der Waals surface area contributed by atoms with E-state index in [4.69, 9.17) is 16.3 Å². The summed E-state index contributed by atoms with van der Waals surface area (Å²) in [6, 6.07) is 6.84. The monoisotopic (exact) mass is 309 g/mol. The number of rotatable bonds is 4. The molecule has 0 aromatic heterocycles. The lowest BCUT2D eigenvalue weighted by Gasteiger charge is -2.34. The number of amides is 1. The fraction of sp³-hybridized carbons (Fsp3) is 0.500. The van der Waals surface area contributed by atoms with E-state index in [2.05, 4.69) is 0 Å². The van der Waals surface area contributed by atoms with Crippen molar-refractivity contribution in [3.8, 4) is 0 Å². The summed E-state index contributed by atoms with van der Waals surface area (Å²) in [7, 11) is 0. The van der Waals surface area contributed by atoms with Crippen LogP contribution in [0.15, 0.2) is 24.3 Å². The molecule has 1 aliphatic heterocycles. The van der Waals surface area contributed by atoms with E-state index in [1.54, 1.807) is 17.9 Å². The van der Waals surface area contributed by atoms with Gasteiger partial charge < -0.3 is 9.64 Å². The lowest BCUT2D eigenvalue weighted by atomic mass is 10.0. The molecule has 114 valence electrons. The molecule has 1 aromatic carbocycles. The molecule has 1 aromatic rings. The fourth-order valence-electron chi connectivity index (χ4n) is 2.62. The molecular weight excluding hydrogens is 290 g/mol. The highest BCUT2D eigenvalue weighted by Gasteiger charge is 2.33. The van der Waals surface area contributed by atoms with E-state index >= 15 is 0 Å². The third kappa shape index (κ3) is 3.97. The maximum atomic E-state index is 12.5. The largest absolute Gasteiger partial charge is 0.464 e. The summed E-state index contributed by atoms with van der Waals surface area (Å²) in [6.07, 6.45) is 2.76. The Morgan fingerprint density at radius 2 is 2.10 bits per heavy atom. The Bertz CT molecular complexity index is 518. The number of piperidine rings is 1. The number of likely N-dealkylation sites (tertiary alicyclic amines) is 1. The Balaban J connectivity index is 2.08. The molecule has 4 nitrogen and oxygen atoms in total. The number of hydrogen-bond donors (Lipinski definition) is 0. The zero-order valence-corrected chi connectivity index (χ0v) is 12.9. The number of hydrogen-bond acceptors (Lipinski definition) is 3. The van der Waals surface area contributed by atoms with Crippen molar-refractivity contribution in [3.05, 3.63) is 34.9 Å². The van der Waals surface area contributed by atoms with E-state index < -0.39 is 6.04 Å². The SMILES string of the molecule is CCOC(=O)C1CCCCN1C(=O)Cc1ccccc1Cl. The standard InChI is InChI=1S/C16H20ClNO3/c1-2-21-16(20)14-9-5-6-10-18(14)15(19)11-12-7-3-4-8-13(12)17/h3-4,7-8,14H,2,5-6,9-11H2,1H3. The van der Waals surface area contributed by atoms with Crippen molar-refractivity contribution in [1.29, 1.82) is 0 Å². The first-order valence-electron chi connectivity index (χ1n) is 7.33. The van der Waals surface area contributed by atoms with Crippen LogP contribution in [0.25, 0.3) is 0 Å². The van der Waals surface area contributed by atoms with Crippen LogP contribution >= 0.6 is 11.6 Å². The Morgan fingerprint density at radius 1 is 1.33 bits per heavy atom. The average Bonchev–Trinajstić information content (AvgIpc) is 2.50. The molecule has 2 rings (SSSR count). The van der Waals surface area contributed by atoms with Crippen molar-refractivity contribution >= 4 is 23.5 Å². The van der Waals surface area contributed by atoms with Crippen LogP contribution in [0.3, 0.4) is 0 Å². The van der Waals surface area contributed by atoms with Crippen LogP contribution in [0.5, 0.6) is 0 Å². The van der Waals surface area contributed by atoms with Crippen LogP contribution < -0.4 is 0 Å². The smallest absolute Gasteiger partial charge is 0.328 e. The molecule has 1 amide bonds. The number of carbonyl (C=O) groups excluding carboxylic acids is 2.